The molecular weight excluding hydrogens is 384 g/mol. The van der Waals surface area contributed by atoms with Crippen molar-refractivity contribution in [3.05, 3.63) is 132 Å². The van der Waals surface area contributed by atoms with Crippen LogP contribution >= 0.6 is 0 Å². The first-order chi connectivity index (χ1) is 15.3. The van der Waals surface area contributed by atoms with Gasteiger partial charge < -0.3 is 0 Å². The second-order valence-corrected chi connectivity index (χ2v) is 6.75. The Morgan fingerprint density at radius 1 is 0.613 bits per heavy atom. The lowest BCUT2D eigenvalue weighted by Crippen LogP contribution is -2.40. The third kappa shape index (κ3) is 5.16. The third-order valence-electron chi connectivity index (χ3n) is 4.58. The first kappa shape index (κ1) is 19.9. The zero-order valence-electron chi connectivity index (χ0n) is 16.8. The number of rotatable bonds is 6. The summed E-state index contributed by atoms with van der Waals surface area (Å²) in [6.45, 7) is 0. The highest BCUT2D eigenvalue weighted by molar-refractivity contribution is 6.14. The van der Waals surface area contributed by atoms with E-state index in [2.05, 4.69) is 10.9 Å². The van der Waals surface area contributed by atoms with Gasteiger partial charge in [-0.15, -0.1) is 0 Å². The van der Waals surface area contributed by atoms with Crippen molar-refractivity contribution in [2.24, 2.45) is 5.10 Å². The molecule has 4 aromatic carbocycles. The molecule has 0 unspecified atom stereocenters. The number of urea groups is 1. The summed E-state index contributed by atoms with van der Waals surface area (Å²) in [5.74, 6) is 0. The van der Waals surface area contributed by atoms with Gasteiger partial charge in [-0.1, -0.05) is 97.1 Å². The van der Waals surface area contributed by atoms with Crippen molar-refractivity contribution in [3.63, 3.8) is 0 Å². The second-order valence-electron chi connectivity index (χ2n) is 6.75. The maximum Gasteiger partial charge on any atom is 0.361 e. The van der Waals surface area contributed by atoms with E-state index in [1.807, 2.05) is 121 Å². The van der Waals surface area contributed by atoms with E-state index in [0.717, 1.165) is 16.8 Å². The van der Waals surface area contributed by atoms with Crippen LogP contribution in [-0.2, 0) is 0 Å². The van der Waals surface area contributed by atoms with Crippen LogP contribution in [0.4, 0.5) is 16.2 Å². The van der Waals surface area contributed by atoms with Crippen LogP contribution in [0, 0.1) is 0 Å². The van der Waals surface area contributed by atoms with Gasteiger partial charge in [0, 0.05) is 11.1 Å². The predicted molar refractivity (Wildman–Crippen MR) is 126 cm³/mol. The van der Waals surface area contributed by atoms with Gasteiger partial charge in [-0.05, 0) is 24.3 Å². The van der Waals surface area contributed by atoms with E-state index in [0.29, 0.717) is 11.4 Å². The summed E-state index contributed by atoms with van der Waals surface area (Å²) < 4.78 is 0. The summed E-state index contributed by atoms with van der Waals surface area (Å²) in [6.07, 6.45) is 0. The lowest BCUT2D eigenvalue weighted by atomic mass is 10.0. The Morgan fingerprint density at radius 2 is 1.06 bits per heavy atom. The van der Waals surface area contributed by atoms with Crippen molar-refractivity contribution in [1.29, 1.82) is 0 Å². The van der Waals surface area contributed by atoms with Gasteiger partial charge in [0.05, 0.1) is 17.1 Å². The molecule has 31 heavy (non-hydrogen) atoms. The van der Waals surface area contributed by atoms with Crippen molar-refractivity contribution in [3.8, 4) is 0 Å². The Kier molecular flexibility index (Phi) is 6.36. The molecule has 0 spiro atoms. The van der Waals surface area contributed by atoms with Gasteiger partial charge in [-0.3, -0.25) is 5.43 Å². The fourth-order valence-corrected chi connectivity index (χ4v) is 3.06. The molecule has 4 aromatic rings. The minimum atomic E-state index is -0.403. The number of benzene rings is 4. The second kappa shape index (κ2) is 9.89. The number of hydrogen-bond donors (Lipinski definition) is 2. The first-order valence-electron chi connectivity index (χ1n) is 9.97. The molecule has 0 atom stereocenters. The molecule has 0 aliphatic rings. The number of anilines is 2. The summed E-state index contributed by atoms with van der Waals surface area (Å²) in [7, 11) is 0. The monoisotopic (exact) mass is 406 g/mol. The lowest BCUT2D eigenvalue weighted by molar-refractivity contribution is 0.248. The summed E-state index contributed by atoms with van der Waals surface area (Å²) in [4.78, 5) is 13.2. The van der Waals surface area contributed by atoms with Crippen LogP contribution in [0.15, 0.2) is 126 Å². The van der Waals surface area contributed by atoms with Crippen LogP contribution in [0.5, 0.6) is 0 Å². The molecule has 4 rings (SSSR count). The molecule has 0 saturated carbocycles. The predicted octanol–water partition coefficient (Wildman–Crippen LogP) is 5.68. The van der Waals surface area contributed by atoms with Crippen molar-refractivity contribution < 1.29 is 4.79 Å². The number of hydrazone groups is 1. The molecular formula is C26H22N4O. The first-order valence-corrected chi connectivity index (χ1v) is 9.97. The van der Waals surface area contributed by atoms with Crippen LogP contribution in [0.25, 0.3) is 0 Å². The Balaban J connectivity index is 1.72. The number of amides is 2. The van der Waals surface area contributed by atoms with Crippen molar-refractivity contribution in [1.82, 2.24) is 5.43 Å². The van der Waals surface area contributed by atoms with E-state index in [1.54, 1.807) is 0 Å². The van der Waals surface area contributed by atoms with Gasteiger partial charge in [0.25, 0.3) is 0 Å². The van der Waals surface area contributed by atoms with Crippen LogP contribution in [0.2, 0.25) is 0 Å². The SMILES string of the molecule is O=C(NNc1ccccc1)N(N=C(c1ccccc1)c1ccccc1)c1ccccc1. The van der Waals surface area contributed by atoms with E-state index in [1.165, 1.54) is 5.01 Å². The average Bonchev–Trinajstić information content (AvgIpc) is 2.85. The molecule has 2 amide bonds. The minimum Gasteiger partial charge on any atom is -0.297 e. The van der Waals surface area contributed by atoms with Gasteiger partial charge in [0.1, 0.15) is 0 Å². The maximum absolute atomic E-state index is 13.2. The Labute approximate surface area is 181 Å². The van der Waals surface area contributed by atoms with E-state index in [9.17, 15) is 4.79 Å². The van der Waals surface area contributed by atoms with Gasteiger partial charge in [-0.2, -0.15) is 10.1 Å². The zero-order valence-corrected chi connectivity index (χ0v) is 16.8. The smallest absolute Gasteiger partial charge is 0.297 e. The van der Waals surface area contributed by atoms with Gasteiger partial charge in [-0.25, -0.2) is 10.2 Å². The quantitative estimate of drug-likeness (QED) is 0.320. The number of carbonyl (C=O) groups excluding carboxylic acids is 1. The summed E-state index contributed by atoms with van der Waals surface area (Å²) in [5, 5.41) is 6.16. The molecule has 0 radical (unpaired) electrons. The fraction of sp³-hybridized carbons (Fsp3) is 0. The van der Waals surface area contributed by atoms with E-state index in [4.69, 9.17) is 5.10 Å². The minimum absolute atomic E-state index is 0.403. The molecule has 0 aliphatic heterocycles. The highest BCUT2D eigenvalue weighted by Crippen LogP contribution is 2.18. The molecule has 5 nitrogen and oxygen atoms in total. The van der Waals surface area contributed by atoms with E-state index >= 15 is 0 Å². The number of nitrogens with zero attached hydrogens (tertiary/aromatic N) is 2. The van der Waals surface area contributed by atoms with Crippen LogP contribution < -0.4 is 15.9 Å². The maximum atomic E-state index is 13.2. The van der Waals surface area contributed by atoms with Gasteiger partial charge >= 0.3 is 6.03 Å². The summed E-state index contributed by atoms with van der Waals surface area (Å²) in [6, 6.07) is 38.0. The lowest BCUT2D eigenvalue weighted by Gasteiger charge is -2.21. The van der Waals surface area contributed by atoms with Gasteiger partial charge in [0.2, 0.25) is 0 Å². The Hall–Kier alpha value is -4.38. The largest absolute Gasteiger partial charge is 0.361 e. The zero-order chi connectivity index (χ0) is 21.3. The number of hydrazine groups is 1. The van der Waals surface area contributed by atoms with Crippen LogP contribution in [0.1, 0.15) is 11.1 Å². The number of hydrogen-bond acceptors (Lipinski definition) is 3. The van der Waals surface area contributed by atoms with Crippen LogP contribution in [-0.4, -0.2) is 11.7 Å². The number of para-hydroxylation sites is 2. The standard InChI is InChI=1S/C26H22N4O/c31-26(28-27-23-17-9-3-10-18-23)30(24-19-11-4-12-20-24)29-25(21-13-5-1-6-14-21)22-15-7-2-8-16-22/h1-20,27H,(H,28,31). The molecule has 2 N–H and O–H groups in total. The van der Waals surface area contributed by atoms with Gasteiger partial charge in [0.15, 0.2) is 0 Å². The third-order valence-corrected chi connectivity index (χ3v) is 4.58. The molecule has 152 valence electrons. The van der Waals surface area contributed by atoms with E-state index < -0.39 is 6.03 Å². The average molecular weight is 406 g/mol. The Morgan fingerprint density at radius 3 is 1.58 bits per heavy atom. The van der Waals surface area contributed by atoms with Crippen molar-refractivity contribution in [2.45, 2.75) is 0 Å². The highest BCUT2D eigenvalue weighted by Gasteiger charge is 2.18. The molecule has 0 bridgehead atoms. The summed E-state index contributed by atoms with van der Waals surface area (Å²) in [5.41, 5.74) is 9.63. The topological polar surface area (TPSA) is 56.7 Å². The Bertz CT molecular complexity index is 1090. The van der Waals surface area contributed by atoms with Crippen molar-refractivity contribution in [2.75, 3.05) is 10.4 Å². The molecule has 0 saturated heterocycles. The molecule has 0 aromatic heterocycles. The number of nitrogens with one attached hydrogen (secondary N) is 2. The normalized spacial score (nSPS) is 10.1. The molecule has 0 fully saturated rings. The molecule has 5 heteroatoms. The van der Waals surface area contributed by atoms with Crippen molar-refractivity contribution >= 4 is 23.1 Å². The summed E-state index contributed by atoms with van der Waals surface area (Å²) >= 11 is 0. The fourth-order valence-electron chi connectivity index (χ4n) is 3.06. The molecule has 0 aliphatic carbocycles. The number of carbonyl (C=O) groups is 1. The van der Waals surface area contributed by atoms with E-state index in [-0.39, 0.29) is 0 Å². The molecule has 0 heterocycles. The highest BCUT2D eigenvalue weighted by atomic mass is 16.2. The van der Waals surface area contributed by atoms with Crippen LogP contribution in [0.3, 0.4) is 0 Å².